The van der Waals surface area contributed by atoms with Crippen LogP contribution in [-0.2, 0) is 51.6 Å². The molecular formula is C59H80N10O9S. The van der Waals surface area contributed by atoms with Crippen molar-refractivity contribution >= 4 is 51.4 Å². The average molecular weight is 1110 g/mol. The summed E-state index contributed by atoms with van der Waals surface area (Å²) in [6, 6.07) is 12.8. The molecule has 19 nitrogen and oxygen atoms in total. The number of hydrogen-bond donors (Lipinski definition) is 7. The Labute approximate surface area is 464 Å². The van der Waals surface area contributed by atoms with Gasteiger partial charge in [-0.15, -0.1) is 0 Å². The van der Waals surface area contributed by atoms with E-state index in [1.54, 1.807) is 13.8 Å². The van der Waals surface area contributed by atoms with Gasteiger partial charge in [0.15, 0.2) is 0 Å². The molecule has 0 aromatic heterocycles. The van der Waals surface area contributed by atoms with Gasteiger partial charge >= 0.3 is 0 Å². The number of nitrogens with zero attached hydrogens (tertiary/aromatic N) is 3. The molecule has 6 amide bonds. The van der Waals surface area contributed by atoms with Gasteiger partial charge in [0.05, 0.1) is 10.9 Å². The lowest BCUT2D eigenvalue weighted by atomic mass is 9.75. The number of ether oxygens (including phenoxy) is 1. The number of amides is 6. The number of carbonyl (C=O) groups is 6. The van der Waals surface area contributed by atoms with E-state index in [2.05, 4.69) is 31.0 Å². The van der Waals surface area contributed by atoms with Crippen LogP contribution in [0.2, 0.25) is 0 Å². The zero-order valence-corrected chi connectivity index (χ0v) is 47.3. The van der Waals surface area contributed by atoms with Gasteiger partial charge in [0.25, 0.3) is 10.0 Å². The van der Waals surface area contributed by atoms with Crippen molar-refractivity contribution in [3.05, 3.63) is 94.6 Å². The van der Waals surface area contributed by atoms with E-state index in [9.17, 15) is 37.2 Å². The molecule has 4 heterocycles. The minimum Gasteiger partial charge on any atom is -0.487 e. The predicted octanol–water partition coefficient (Wildman–Crippen LogP) is 4.56. The molecule has 5 atom stereocenters. The first kappa shape index (κ1) is 58.4. The summed E-state index contributed by atoms with van der Waals surface area (Å²) in [5, 5.41) is 11.9. The molecule has 3 aromatic carbocycles. The summed E-state index contributed by atoms with van der Waals surface area (Å²) in [5.41, 5.74) is 16.2. The van der Waals surface area contributed by atoms with Crippen LogP contribution in [0.5, 0.6) is 5.75 Å². The van der Waals surface area contributed by atoms with Crippen LogP contribution in [0.3, 0.4) is 0 Å². The molecule has 20 heteroatoms. The van der Waals surface area contributed by atoms with Gasteiger partial charge in [0, 0.05) is 44.6 Å². The van der Waals surface area contributed by atoms with Crippen LogP contribution in [0.25, 0.3) is 11.1 Å². The topological polar surface area (TPSA) is 277 Å². The lowest BCUT2D eigenvalue weighted by Gasteiger charge is -2.43. The normalized spacial score (nSPS) is 25.0. The van der Waals surface area contributed by atoms with Crippen molar-refractivity contribution in [1.82, 2.24) is 35.8 Å². The summed E-state index contributed by atoms with van der Waals surface area (Å²) in [6.07, 6.45) is 11.0. The molecule has 2 saturated heterocycles. The van der Waals surface area contributed by atoms with Crippen LogP contribution in [0.15, 0.2) is 76.6 Å². The molecule has 1 spiro atoms. The molecule has 4 aliphatic heterocycles. The predicted molar refractivity (Wildman–Crippen MR) is 302 cm³/mol. The third kappa shape index (κ3) is 13.6. The molecule has 0 bridgehead atoms. The van der Waals surface area contributed by atoms with E-state index in [1.807, 2.05) is 87.5 Å². The Kier molecular flexibility index (Phi) is 18.5. The van der Waals surface area contributed by atoms with E-state index < -0.39 is 80.9 Å². The Morgan fingerprint density at radius 2 is 1.42 bits per heavy atom. The Hall–Kier alpha value is -6.80. The van der Waals surface area contributed by atoms with E-state index in [4.69, 9.17) is 16.2 Å². The van der Waals surface area contributed by atoms with Crippen molar-refractivity contribution in [2.75, 3.05) is 26.2 Å². The van der Waals surface area contributed by atoms with Gasteiger partial charge in [0.1, 0.15) is 41.1 Å². The van der Waals surface area contributed by atoms with Gasteiger partial charge < -0.3 is 47.3 Å². The number of aliphatic imine (C=N–C) groups is 1. The summed E-state index contributed by atoms with van der Waals surface area (Å²) in [5.74, 6) is -2.41. The Morgan fingerprint density at radius 1 is 0.759 bits per heavy atom. The number of fused-ring (bicyclic) bond motifs is 3. The number of benzene rings is 3. The quantitative estimate of drug-likeness (QED) is 0.0675. The second-order valence-electron chi connectivity index (χ2n) is 22.7. The molecule has 0 radical (unpaired) electrons. The van der Waals surface area contributed by atoms with Crippen molar-refractivity contribution < 1.29 is 41.9 Å². The summed E-state index contributed by atoms with van der Waals surface area (Å²) in [6.45, 7) is 10.1. The highest BCUT2D eigenvalue weighted by molar-refractivity contribution is 7.90. The third-order valence-corrected chi connectivity index (χ3v) is 18.0. The van der Waals surface area contributed by atoms with E-state index in [-0.39, 0.29) is 62.0 Å². The largest absolute Gasteiger partial charge is 0.487 e. The van der Waals surface area contributed by atoms with Crippen molar-refractivity contribution in [2.24, 2.45) is 16.5 Å². The Balaban J connectivity index is 1.01. The van der Waals surface area contributed by atoms with Gasteiger partial charge in [-0.05, 0) is 158 Å². The SMILES string of the molecule is Cc1c(C)c(S(=O)(=O)NC(N)=NCCC[C@@H]2NC(=O)C3(CCC3)NC(=O)[C@@H]3CCCN3C(=O)[C@H](Cc3cccc(-c4ccccc4)c3)NC(=O)[C@@H](N)CCC/C=C/CCCNC(=O)[C@@H]3CCCN3C2=O)c(C)c2c1OC(C)(C)C2. The molecule has 8 rings (SSSR count). The van der Waals surface area contributed by atoms with Crippen LogP contribution in [0.4, 0.5) is 0 Å². The number of nitrogens with two attached hydrogens (primary N) is 2. The number of hydrogen-bond acceptors (Lipinski definition) is 11. The standard InChI is InChI=1S/C59H80N10O9S/c1-37-38(2)50(39(3)43-36-58(4,5)78-49(37)43)79(76,77)67-57(61)63-31-16-25-45-54(73)68-32-17-26-47(68)52(71)62-30-14-9-7-6-8-13-24-44(60)51(70)64-46(35-40-20-15-23-42(34-40)41-21-11-10-12-22-41)55(74)69-33-18-27-48(69)53(72)66-59(28-19-29-59)56(75)65-45/h6-7,10-12,15,20-23,34,44-48H,8-9,13-14,16-19,24-33,35-36,60H2,1-5H3,(H,62,71)(H,64,70)(H,65,75)(H,66,72)(H3,61,63,67)/b7-6+/t44-,45-,46-,47-,48-/m0/s1. The summed E-state index contributed by atoms with van der Waals surface area (Å²) in [4.78, 5) is 93.8. The van der Waals surface area contributed by atoms with E-state index in [1.165, 1.54) is 9.80 Å². The Morgan fingerprint density at radius 3 is 2.10 bits per heavy atom. The fraction of sp³-hybridized carbons (Fsp3) is 0.542. The zero-order chi connectivity index (χ0) is 56.6. The first-order valence-corrected chi connectivity index (χ1v) is 29.7. The smallest absolute Gasteiger partial charge is 0.264 e. The number of allylic oxidation sites excluding steroid dienone is 2. The maximum atomic E-state index is 14.8. The van der Waals surface area contributed by atoms with E-state index >= 15 is 0 Å². The minimum atomic E-state index is -4.19. The lowest BCUT2D eigenvalue weighted by Crippen LogP contribution is -2.67. The van der Waals surface area contributed by atoms with Crippen molar-refractivity contribution in [2.45, 2.75) is 184 Å². The van der Waals surface area contributed by atoms with E-state index in [0.717, 1.165) is 27.8 Å². The summed E-state index contributed by atoms with van der Waals surface area (Å²) < 4.78 is 36.5. The molecule has 3 aromatic rings. The molecule has 5 aliphatic rings. The van der Waals surface area contributed by atoms with Crippen molar-refractivity contribution in [3.63, 3.8) is 0 Å². The second kappa shape index (κ2) is 25.1. The maximum absolute atomic E-state index is 14.8. The molecule has 9 N–H and O–H groups in total. The monoisotopic (exact) mass is 1100 g/mol. The zero-order valence-electron chi connectivity index (χ0n) is 46.5. The van der Waals surface area contributed by atoms with Crippen LogP contribution >= 0.6 is 0 Å². The van der Waals surface area contributed by atoms with Crippen molar-refractivity contribution in [1.29, 1.82) is 0 Å². The highest BCUT2D eigenvalue weighted by atomic mass is 32.2. The van der Waals surface area contributed by atoms with Gasteiger partial charge in [-0.3, -0.25) is 33.8 Å². The number of guanidine groups is 1. The van der Waals surface area contributed by atoms with Gasteiger partial charge in [-0.25, -0.2) is 13.1 Å². The van der Waals surface area contributed by atoms with Gasteiger partial charge in [-0.2, -0.15) is 0 Å². The molecule has 1 aliphatic carbocycles. The number of rotatable bonds is 9. The first-order chi connectivity index (χ1) is 37.7. The number of carbonyl (C=O) groups excluding carboxylic acids is 6. The molecule has 79 heavy (non-hydrogen) atoms. The van der Waals surface area contributed by atoms with Crippen LogP contribution < -0.4 is 42.2 Å². The molecule has 0 unspecified atom stereocenters. The highest BCUT2D eigenvalue weighted by Gasteiger charge is 2.50. The maximum Gasteiger partial charge on any atom is 0.264 e. The van der Waals surface area contributed by atoms with Gasteiger partial charge in [0.2, 0.25) is 41.4 Å². The molecular weight excluding hydrogens is 1020 g/mol. The third-order valence-electron chi connectivity index (χ3n) is 16.3. The van der Waals surface area contributed by atoms with Crippen LogP contribution in [0, 0.1) is 20.8 Å². The fourth-order valence-corrected chi connectivity index (χ4v) is 13.3. The molecule has 3 fully saturated rings. The Bertz CT molecular complexity index is 2960. The summed E-state index contributed by atoms with van der Waals surface area (Å²) >= 11 is 0. The van der Waals surface area contributed by atoms with E-state index in [0.29, 0.717) is 101 Å². The van der Waals surface area contributed by atoms with Gasteiger partial charge in [-0.1, -0.05) is 66.7 Å². The van der Waals surface area contributed by atoms with Crippen LogP contribution in [0.1, 0.15) is 132 Å². The number of nitrogens with one attached hydrogen (secondary N) is 5. The first-order valence-electron chi connectivity index (χ1n) is 28.2. The van der Waals surface area contributed by atoms with Crippen LogP contribution in [-0.4, -0.2) is 127 Å². The van der Waals surface area contributed by atoms with Crippen molar-refractivity contribution in [3.8, 4) is 16.9 Å². The fourth-order valence-electron chi connectivity index (χ4n) is 11.8. The second-order valence-corrected chi connectivity index (χ2v) is 24.3. The number of sulfonamides is 1. The molecule has 1 saturated carbocycles. The highest BCUT2D eigenvalue weighted by Crippen LogP contribution is 2.44. The minimum absolute atomic E-state index is 0.0190. The average Bonchev–Trinajstić information content (AvgIpc) is 4.41. The molecule has 426 valence electrons. The summed E-state index contributed by atoms with van der Waals surface area (Å²) in [7, 11) is -4.19. The lowest BCUT2D eigenvalue weighted by molar-refractivity contribution is -0.146.